The number of hydrogen-bond donors (Lipinski definition) is 4. The van der Waals surface area contributed by atoms with Gasteiger partial charge in [0, 0.05) is 29.9 Å². The molecule has 0 atom stereocenters. The van der Waals surface area contributed by atoms with Gasteiger partial charge in [-0.05, 0) is 48.1 Å². The van der Waals surface area contributed by atoms with E-state index in [1.165, 1.54) is 6.21 Å². The van der Waals surface area contributed by atoms with Crippen LogP contribution in [0.2, 0.25) is 0 Å². The van der Waals surface area contributed by atoms with Crippen molar-refractivity contribution in [3.05, 3.63) is 59.2 Å². The van der Waals surface area contributed by atoms with Crippen molar-refractivity contribution in [3.8, 4) is 0 Å². The highest BCUT2D eigenvalue weighted by atomic mass is 15.0. The minimum Gasteiger partial charge on any atom is -0.398 e. The zero-order chi connectivity index (χ0) is 19.8. The number of nitrogens with two attached hydrogens (primary N) is 1. The molecule has 1 aromatic carbocycles. The van der Waals surface area contributed by atoms with Gasteiger partial charge in [0.15, 0.2) is 5.82 Å². The molecule has 1 aromatic heterocycles. The lowest BCUT2D eigenvalue weighted by Crippen LogP contribution is -2.11. The third-order valence-corrected chi connectivity index (χ3v) is 4.04. The summed E-state index contributed by atoms with van der Waals surface area (Å²) >= 11 is 0. The molecule has 0 radical (unpaired) electrons. The Morgan fingerprint density at radius 3 is 2.74 bits per heavy atom. The summed E-state index contributed by atoms with van der Waals surface area (Å²) in [6, 6.07) is 7.53. The molecule has 27 heavy (non-hydrogen) atoms. The summed E-state index contributed by atoms with van der Waals surface area (Å²) in [6.07, 6.45) is 7.44. The summed E-state index contributed by atoms with van der Waals surface area (Å²) in [5.41, 5.74) is 9.52. The van der Waals surface area contributed by atoms with Crippen LogP contribution in [0.1, 0.15) is 50.6 Å². The number of nitrogens with zero attached hydrogens (tertiary/aromatic N) is 2. The monoisotopic (exact) mass is 364 g/mol. The highest BCUT2D eigenvalue weighted by Crippen LogP contribution is 2.19. The van der Waals surface area contributed by atoms with Gasteiger partial charge in [-0.15, -0.1) is 0 Å². The van der Waals surface area contributed by atoms with E-state index in [0.717, 1.165) is 30.4 Å². The summed E-state index contributed by atoms with van der Waals surface area (Å²) in [6.45, 7) is 6.39. The number of aromatic nitrogens is 2. The number of allylic oxidation sites excluding steroid dienone is 1. The van der Waals surface area contributed by atoms with Crippen molar-refractivity contribution in [1.82, 2.24) is 9.97 Å². The number of benzene rings is 1. The number of nitrogens with one attached hydrogen (secondary N) is 3. The van der Waals surface area contributed by atoms with Gasteiger partial charge in [0.05, 0.1) is 0 Å². The second-order valence-electron chi connectivity index (χ2n) is 6.92. The molecule has 0 aliphatic rings. The molecule has 6 nitrogen and oxygen atoms in total. The van der Waals surface area contributed by atoms with Crippen molar-refractivity contribution in [2.75, 3.05) is 11.1 Å². The molecule has 1 heterocycles. The van der Waals surface area contributed by atoms with E-state index in [0.29, 0.717) is 28.8 Å². The summed E-state index contributed by atoms with van der Waals surface area (Å²) in [5.74, 6) is 1.42. The first kappa shape index (κ1) is 20.3. The van der Waals surface area contributed by atoms with Gasteiger partial charge >= 0.3 is 0 Å². The summed E-state index contributed by atoms with van der Waals surface area (Å²) in [5, 5.41) is 19.0. The Bertz CT molecular complexity index is 838. The molecule has 0 aliphatic carbocycles. The molecule has 0 saturated carbocycles. The van der Waals surface area contributed by atoms with Crippen LogP contribution in [0.15, 0.2) is 42.2 Å². The van der Waals surface area contributed by atoms with E-state index in [1.807, 2.05) is 18.2 Å². The van der Waals surface area contributed by atoms with E-state index in [2.05, 4.69) is 36.1 Å². The summed E-state index contributed by atoms with van der Waals surface area (Å²) < 4.78 is 0. The fourth-order valence-corrected chi connectivity index (χ4v) is 2.74. The molecule has 6 heteroatoms. The van der Waals surface area contributed by atoms with Crippen LogP contribution in [0.25, 0.3) is 0 Å². The molecule has 142 valence electrons. The van der Waals surface area contributed by atoms with Gasteiger partial charge in [-0.25, -0.2) is 9.97 Å². The van der Waals surface area contributed by atoms with Crippen LogP contribution in [0.5, 0.6) is 0 Å². The molecule has 5 N–H and O–H groups in total. The van der Waals surface area contributed by atoms with Crippen LogP contribution in [0, 0.1) is 16.7 Å². The van der Waals surface area contributed by atoms with E-state index >= 15 is 0 Å². The minimum atomic E-state index is 0.201. The Hall–Kier alpha value is -3.02. The predicted octanol–water partition coefficient (Wildman–Crippen LogP) is 4.42. The highest BCUT2D eigenvalue weighted by molar-refractivity contribution is 6.11. The Morgan fingerprint density at radius 1 is 1.30 bits per heavy atom. The molecule has 2 aromatic rings. The first-order valence-electron chi connectivity index (χ1n) is 9.21. The average molecular weight is 364 g/mol. The quantitative estimate of drug-likeness (QED) is 0.390. The lowest BCUT2D eigenvalue weighted by molar-refractivity contribution is 0.647. The second-order valence-corrected chi connectivity index (χ2v) is 6.92. The fraction of sp³-hybridized carbons (Fsp3) is 0.333. The second kappa shape index (κ2) is 9.62. The zero-order valence-electron chi connectivity index (χ0n) is 16.2. The summed E-state index contributed by atoms with van der Waals surface area (Å²) in [4.78, 5) is 8.66. The van der Waals surface area contributed by atoms with Crippen molar-refractivity contribution >= 4 is 23.4 Å². The van der Waals surface area contributed by atoms with Crippen molar-refractivity contribution in [2.45, 2.75) is 40.0 Å². The van der Waals surface area contributed by atoms with E-state index in [4.69, 9.17) is 16.6 Å². The highest BCUT2D eigenvalue weighted by Gasteiger charge is 2.13. The van der Waals surface area contributed by atoms with Gasteiger partial charge in [-0.1, -0.05) is 33.3 Å². The number of hydrogen-bond acceptors (Lipinski definition) is 6. The first-order valence-corrected chi connectivity index (χ1v) is 9.21. The van der Waals surface area contributed by atoms with Gasteiger partial charge < -0.3 is 16.5 Å². The van der Waals surface area contributed by atoms with Crippen molar-refractivity contribution < 1.29 is 0 Å². The van der Waals surface area contributed by atoms with Gasteiger partial charge in [-0.2, -0.15) is 0 Å². The fourth-order valence-electron chi connectivity index (χ4n) is 2.74. The van der Waals surface area contributed by atoms with Crippen LogP contribution in [-0.4, -0.2) is 21.9 Å². The van der Waals surface area contributed by atoms with Gasteiger partial charge in [0.2, 0.25) is 0 Å². The molecule has 0 unspecified atom stereocenters. The maximum absolute atomic E-state index is 8.52. The largest absolute Gasteiger partial charge is 0.398 e. The number of nitrogen functional groups attached to an aromatic ring is 1. The molecule has 0 amide bonds. The summed E-state index contributed by atoms with van der Waals surface area (Å²) in [7, 11) is 0. The smallest absolute Gasteiger partial charge is 0.180 e. The van der Waals surface area contributed by atoms with Crippen LogP contribution < -0.4 is 11.1 Å². The van der Waals surface area contributed by atoms with E-state index in [-0.39, 0.29) is 5.71 Å². The lowest BCUT2D eigenvalue weighted by atomic mass is 9.98. The van der Waals surface area contributed by atoms with Gasteiger partial charge in [0.25, 0.3) is 0 Å². The third-order valence-electron chi connectivity index (χ3n) is 4.04. The van der Waals surface area contributed by atoms with Crippen molar-refractivity contribution in [2.24, 2.45) is 5.92 Å². The lowest BCUT2D eigenvalue weighted by Gasteiger charge is -2.11. The minimum absolute atomic E-state index is 0.201. The molecular weight excluding hydrogens is 336 g/mol. The van der Waals surface area contributed by atoms with Gasteiger partial charge in [-0.3, -0.25) is 5.41 Å². The van der Waals surface area contributed by atoms with E-state index in [9.17, 15) is 0 Å². The number of rotatable bonds is 9. The molecule has 0 bridgehead atoms. The molecule has 0 fully saturated rings. The third kappa shape index (κ3) is 5.74. The van der Waals surface area contributed by atoms with Gasteiger partial charge in [0.1, 0.15) is 11.5 Å². The zero-order valence-corrected chi connectivity index (χ0v) is 16.2. The molecule has 0 spiro atoms. The molecular formula is C21H28N6. The van der Waals surface area contributed by atoms with Crippen LogP contribution in [0.3, 0.4) is 0 Å². The molecule has 0 saturated heterocycles. The van der Waals surface area contributed by atoms with E-state index in [1.54, 1.807) is 18.5 Å². The maximum Gasteiger partial charge on any atom is 0.180 e. The number of anilines is 2. The van der Waals surface area contributed by atoms with Crippen molar-refractivity contribution in [1.29, 1.82) is 10.8 Å². The Labute approximate surface area is 161 Å². The standard InChI is InChI=1S/C21H28N6/c1-4-5-16(12-22)13-26-19-8-9-25-21(27-19)20(24)17-11-15(10-14(2)3)6-7-18(17)23/h6-9,11-14,22,24H,4-5,10,23H2,1-3H3,(H,25,26,27)/b16-13-,22-12?,24-20?. The predicted molar refractivity (Wildman–Crippen MR) is 113 cm³/mol. The SMILES string of the molecule is CCC/C(C=N)=C/Nc1ccnc(C(=N)c2cc(CC(C)C)ccc2N)n1. The Balaban J connectivity index is 2.26. The Morgan fingerprint density at radius 2 is 2.07 bits per heavy atom. The molecule has 0 aliphatic heterocycles. The van der Waals surface area contributed by atoms with E-state index < -0.39 is 0 Å². The normalized spacial score (nSPS) is 11.5. The average Bonchev–Trinajstić information content (AvgIpc) is 2.66. The first-order chi connectivity index (χ1) is 12.9. The van der Waals surface area contributed by atoms with Crippen LogP contribution >= 0.6 is 0 Å². The van der Waals surface area contributed by atoms with Crippen LogP contribution in [-0.2, 0) is 6.42 Å². The maximum atomic E-state index is 8.52. The Kier molecular flexibility index (Phi) is 7.23. The van der Waals surface area contributed by atoms with Crippen molar-refractivity contribution in [3.63, 3.8) is 0 Å². The van der Waals surface area contributed by atoms with Crippen LogP contribution in [0.4, 0.5) is 11.5 Å². The molecule has 2 rings (SSSR count). The topological polar surface area (TPSA) is 112 Å².